The van der Waals surface area contributed by atoms with Crippen LogP contribution >= 0.6 is 0 Å². The van der Waals surface area contributed by atoms with Crippen molar-refractivity contribution in [2.75, 3.05) is 10.6 Å². The summed E-state index contributed by atoms with van der Waals surface area (Å²) in [7, 11) is 0. The molecule has 2 heterocycles. The lowest BCUT2D eigenvalue weighted by Crippen LogP contribution is -2.39. The van der Waals surface area contributed by atoms with E-state index in [2.05, 4.69) is 20.7 Å². The molecule has 1 fully saturated rings. The summed E-state index contributed by atoms with van der Waals surface area (Å²) in [6.07, 6.45) is 0.527. The van der Waals surface area contributed by atoms with Crippen LogP contribution in [0.2, 0.25) is 0 Å². The monoisotopic (exact) mass is 475 g/mol. The number of carbonyl (C=O) groups excluding carboxylic acids is 1. The predicted octanol–water partition coefficient (Wildman–Crippen LogP) is 3.91. The molecule has 1 amide bonds. The highest BCUT2D eigenvalue weighted by Gasteiger charge is 2.28. The Labute approximate surface area is 194 Å². The van der Waals surface area contributed by atoms with Crippen LogP contribution in [0.4, 0.5) is 30.5 Å². The number of nitrogens with one attached hydrogen (secondary N) is 2. The number of amides is 1. The van der Waals surface area contributed by atoms with E-state index in [1.54, 1.807) is 25.1 Å². The van der Waals surface area contributed by atoms with Crippen LogP contribution in [0.5, 0.6) is 0 Å². The van der Waals surface area contributed by atoms with E-state index in [-0.39, 0.29) is 29.3 Å². The van der Waals surface area contributed by atoms with Crippen molar-refractivity contribution in [3.8, 4) is 0 Å². The van der Waals surface area contributed by atoms with Crippen molar-refractivity contribution in [2.45, 2.75) is 58.2 Å². The van der Waals surface area contributed by atoms with Crippen molar-refractivity contribution in [3.05, 3.63) is 41.3 Å². The molecule has 34 heavy (non-hydrogen) atoms. The Hall–Kier alpha value is -3.34. The largest absolute Gasteiger partial charge is 0.365 e. The molecule has 0 bridgehead atoms. The van der Waals surface area contributed by atoms with Crippen molar-refractivity contribution in [3.63, 3.8) is 0 Å². The van der Waals surface area contributed by atoms with Crippen LogP contribution in [0, 0.1) is 18.7 Å². The fourth-order valence-corrected chi connectivity index (χ4v) is 3.99. The summed E-state index contributed by atoms with van der Waals surface area (Å²) in [4.78, 5) is 16.3. The summed E-state index contributed by atoms with van der Waals surface area (Å²) in [6, 6.07) is 5.63. The van der Waals surface area contributed by atoms with Gasteiger partial charge in [-0.2, -0.15) is 5.10 Å². The highest BCUT2D eigenvalue weighted by Crippen LogP contribution is 2.35. The Balaban J connectivity index is 1.66. The number of nitrogens with two attached hydrogens (primary N) is 2. The molecule has 4 rings (SSSR count). The molecular weight excluding hydrogens is 447 g/mol. The van der Waals surface area contributed by atoms with Crippen LogP contribution < -0.4 is 22.1 Å². The van der Waals surface area contributed by atoms with Gasteiger partial charge < -0.3 is 22.1 Å². The van der Waals surface area contributed by atoms with Crippen LogP contribution in [0.1, 0.15) is 42.2 Å². The summed E-state index contributed by atoms with van der Waals surface area (Å²) < 4.78 is 41.8. The van der Waals surface area contributed by atoms with Gasteiger partial charge in [-0.05, 0) is 50.5 Å². The maximum Gasteiger partial charge on any atom is 0.257 e. The number of fused-ring (bicyclic) bond motifs is 1. The number of benzene rings is 1. The standard InChI is InChI=1S/C23H28F3N7O/c1-11(27)18(7-13-3-4-13)30-23-17(24)9-16(21(28)34)22(31-23)29-14-5-6-19-15(8-14)12(2)32-33(19)10-20(25)26/h5-6,8-9,11,13,18,20H,3-4,7,10,27H2,1-2H3,(H2,28,34)(H2,29,30,31)/t11-,18+/m0/s1. The lowest BCUT2D eigenvalue weighted by Gasteiger charge is -2.24. The first-order valence-electron chi connectivity index (χ1n) is 11.2. The zero-order chi connectivity index (χ0) is 24.6. The van der Waals surface area contributed by atoms with Gasteiger partial charge in [0.2, 0.25) is 0 Å². The van der Waals surface area contributed by atoms with E-state index < -0.39 is 24.7 Å². The minimum Gasteiger partial charge on any atom is -0.365 e. The fraction of sp³-hybridized carbons (Fsp3) is 0.435. The number of anilines is 3. The summed E-state index contributed by atoms with van der Waals surface area (Å²) in [5.74, 6) is -0.944. The molecule has 1 aliphatic carbocycles. The number of primary amides is 1. The first kappa shape index (κ1) is 23.8. The Morgan fingerprint density at radius 2 is 2.00 bits per heavy atom. The minimum absolute atomic E-state index is 0.0301. The van der Waals surface area contributed by atoms with Gasteiger partial charge in [-0.15, -0.1) is 0 Å². The molecule has 0 saturated heterocycles. The number of carbonyl (C=O) groups is 1. The molecule has 1 aromatic carbocycles. The number of aryl methyl sites for hydroxylation is 1. The topological polar surface area (TPSA) is 124 Å². The van der Waals surface area contributed by atoms with Crippen molar-refractivity contribution in [2.24, 2.45) is 17.4 Å². The number of pyridine rings is 1. The highest BCUT2D eigenvalue weighted by atomic mass is 19.3. The van der Waals surface area contributed by atoms with Crippen molar-refractivity contribution < 1.29 is 18.0 Å². The molecule has 1 aliphatic rings. The number of aromatic nitrogens is 3. The van der Waals surface area contributed by atoms with E-state index in [1.807, 2.05) is 6.92 Å². The van der Waals surface area contributed by atoms with Crippen molar-refractivity contribution >= 4 is 34.1 Å². The molecule has 1 saturated carbocycles. The average Bonchev–Trinajstić information content (AvgIpc) is 3.53. The highest BCUT2D eigenvalue weighted by molar-refractivity contribution is 5.99. The molecule has 2 atom stereocenters. The van der Waals surface area contributed by atoms with Gasteiger partial charge in [0, 0.05) is 23.2 Å². The van der Waals surface area contributed by atoms with Gasteiger partial charge in [0.15, 0.2) is 11.6 Å². The summed E-state index contributed by atoms with van der Waals surface area (Å²) in [5, 5.41) is 10.9. The summed E-state index contributed by atoms with van der Waals surface area (Å²) in [6.45, 7) is 3.05. The first-order valence-corrected chi connectivity index (χ1v) is 11.2. The summed E-state index contributed by atoms with van der Waals surface area (Å²) in [5.41, 5.74) is 13.1. The van der Waals surface area contributed by atoms with Gasteiger partial charge in [0.1, 0.15) is 12.4 Å². The molecule has 0 unspecified atom stereocenters. The van der Waals surface area contributed by atoms with Crippen LogP contribution in [0.3, 0.4) is 0 Å². The second-order valence-corrected chi connectivity index (χ2v) is 8.88. The minimum atomic E-state index is -2.53. The molecular formula is C23H28F3N7O. The number of rotatable bonds is 10. The van der Waals surface area contributed by atoms with Gasteiger partial charge >= 0.3 is 0 Å². The van der Waals surface area contributed by atoms with Crippen LogP contribution in [0.15, 0.2) is 24.3 Å². The van der Waals surface area contributed by atoms with E-state index in [4.69, 9.17) is 11.5 Å². The molecule has 0 spiro atoms. The van der Waals surface area contributed by atoms with E-state index in [0.29, 0.717) is 28.2 Å². The maximum atomic E-state index is 14.8. The molecule has 3 aromatic rings. The zero-order valence-electron chi connectivity index (χ0n) is 19.0. The molecule has 182 valence electrons. The molecule has 8 nitrogen and oxygen atoms in total. The molecule has 11 heteroatoms. The Morgan fingerprint density at radius 1 is 1.26 bits per heavy atom. The van der Waals surface area contributed by atoms with Crippen molar-refractivity contribution in [1.29, 1.82) is 0 Å². The van der Waals surface area contributed by atoms with E-state index in [0.717, 1.165) is 25.3 Å². The Kier molecular flexibility index (Phi) is 6.65. The number of alkyl halides is 2. The quantitative estimate of drug-likeness (QED) is 0.352. The number of nitrogens with zero attached hydrogens (tertiary/aromatic N) is 3. The molecule has 2 aromatic heterocycles. The fourth-order valence-electron chi connectivity index (χ4n) is 3.99. The zero-order valence-corrected chi connectivity index (χ0v) is 19.0. The smallest absolute Gasteiger partial charge is 0.257 e. The molecule has 0 radical (unpaired) electrons. The van der Waals surface area contributed by atoms with E-state index >= 15 is 0 Å². The van der Waals surface area contributed by atoms with Gasteiger partial charge in [-0.25, -0.2) is 18.2 Å². The average molecular weight is 476 g/mol. The second kappa shape index (κ2) is 9.49. The predicted molar refractivity (Wildman–Crippen MR) is 125 cm³/mol. The normalized spacial score (nSPS) is 15.5. The van der Waals surface area contributed by atoms with Crippen LogP contribution in [-0.2, 0) is 6.54 Å². The lowest BCUT2D eigenvalue weighted by atomic mass is 10.0. The maximum absolute atomic E-state index is 14.8. The summed E-state index contributed by atoms with van der Waals surface area (Å²) >= 11 is 0. The first-order chi connectivity index (χ1) is 16.1. The third-order valence-corrected chi connectivity index (χ3v) is 5.99. The third kappa shape index (κ3) is 5.24. The number of hydrogen-bond acceptors (Lipinski definition) is 6. The van der Waals surface area contributed by atoms with E-state index in [1.165, 1.54) is 4.68 Å². The Morgan fingerprint density at radius 3 is 2.62 bits per heavy atom. The van der Waals surface area contributed by atoms with Gasteiger partial charge in [0.05, 0.1) is 16.8 Å². The molecule has 0 aliphatic heterocycles. The van der Waals surface area contributed by atoms with Gasteiger partial charge in [-0.1, -0.05) is 12.8 Å². The Bertz CT molecular complexity index is 1210. The van der Waals surface area contributed by atoms with Gasteiger partial charge in [0.25, 0.3) is 12.3 Å². The van der Waals surface area contributed by atoms with E-state index in [9.17, 15) is 18.0 Å². The van der Waals surface area contributed by atoms with Crippen molar-refractivity contribution in [1.82, 2.24) is 14.8 Å². The van der Waals surface area contributed by atoms with Crippen LogP contribution in [-0.4, -0.2) is 39.2 Å². The number of halogens is 3. The van der Waals surface area contributed by atoms with Gasteiger partial charge in [-0.3, -0.25) is 9.48 Å². The number of hydrogen-bond donors (Lipinski definition) is 4. The molecule has 6 N–H and O–H groups in total. The third-order valence-electron chi connectivity index (χ3n) is 5.99. The van der Waals surface area contributed by atoms with Crippen LogP contribution in [0.25, 0.3) is 10.9 Å². The SMILES string of the molecule is Cc1nn(CC(F)F)c2ccc(Nc3nc(N[C@H](CC4CC4)[C@H](C)N)c(F)cc3C(N)=O)cc12. The second-order valence-electron chi connectivity index (χ2n) is 8.88. The lowest BCUT2D eigenvalue weighted by molar-refractivity contribution is 0.1000.